The Labute approximate surface area is 178 Å². The van der Waals surface area contributed by atoms with E-state index in [1.54, 1.807) is 11.0 Å². The Kier molecular flexibility index (Phi) is 6.65. The third-order valence-electron chi connectivity index (χ3n) is 4.60. The third kappa shape index (κ3) is 4.68. The first kappa shape index (κ1) is 21.1. The number of carbonyl (C=O) groups excluding carboxylic acids is 1. The molecular weight excluding hydrogens is 468 g/mol. The van der Waals surface area contributed by atoms with Crippen molar-refractivity contribution >= 4 is 43.5 Å². The van der Waals surface area contributed by atoms with Crippen LogP contribution in [-0.4, -0.2) is 56.8 Å². The Hall–Kier alpha value is -1.61. The van der Waals surface area contributed by atoms with Gasteiger partial charge in [0.2, 0.25) is 15.9 Å². The van der Waals surface area contributed by atoms with Crippen LogP contribution in [0.15, 0.2) is 51.8 Å². The molecule has 0 bridgehead atoms. The fraction of sp³-hybridized carbons (Fsp3) is 0.316. The smallest absolute Gasteiger partial charge is 0.246 e. The predicted octanol–water partition coefficient (Wildman–Crippen LogP) is 3.19. The van der Waals surface area contributed by atoms with Crippen LogP contribution in [0.5, 0.6) is 5.75 Å². The first-order valence-electron chi connectivity index (χ1n) is 8.67. The van der Waals surface area contributed by atoms with Gasteiger partial charge in [-0.1, -0.05) is 39.7 Å². The summed E-state index contributed by atoms with van der Waals surface area (Å²) >= 11 is 9.35. The van der Waals surface area contributed by atoms with Gasteiger partial charge in [0, 0.05) is 35.7 Å². The molecule has 0 aliphatic carbocycles. The van der Waals surface area contributed by atoms with E-state index in [1.165, 1.54) is 23.5 Å². The van der Waals surface area contributed by atoms with Crippen LogP contribution >= 0.6 is 27.5 Å². The van der Waals surface area contributed by atoms with Crippen molar-refractivity contribution in [3.63, 3.8) is 0 Å². The molecule has 1 aliphatic heterocycles. The molecule has 1 fully saturated rings. The molecule has 2 aromatic carbocycles. The summed E-state index contributed by atoms with van der Waals surface area (Å²) in [5.41, 5.74) is 0.923. The molecule has 0 spiro atoms. The SMILES string of the molecule is COc1ccc(Cl)cc1S(=O)(=O)N1CCN(C(=O)Cc2ccc(Br)cc2)CC1. The van der Waals surface area contributed by atoms with Gasteiger partial charge in [-0.3, -0.25) is 4.79 Å². The third-order valence-corrected chi connectivity index (χ3v) is 7.29. The van der Waals surface area contributed by atoms with Gasteiger partial charge >= 0.3 is 0 Å². The average Bonchev–Trinajstić information content (AvgIpc) is 2.69. The van der Waals surface area contributed by atoms with Gasteiger partial charge < -0.3 is 9.64 Å². The minimum Gasteiger partial charge on any atom is -0.495 e. The molecular formula is C19H20BrClN2O4S. The van der Waals surface area contributed by atoms with Crippen molar-refractivity contribution in [2.75, 3.05) is 33.3 Å². The maximum atomic E-state index is 13.0. The maximum absolute atomic E-state index is 13.0. The van der Waals surface area contributed by atoms with E-state index in [0.29, 0.717) is 24.5 Å². The van der Waals surface area contributed by atoms with Crippen molar-refractivity contribution in [2.24, 2.45) is 0 Å². The van der Waals surface area contributed by atoms with Gasteiger partial charge in [0.05, 0.1) is 13.5 Å². The molecule has 0 aromatic heterocycles. The highest BCUT2D eigenvalue weighted by Gasteiger charge is 2.32. The Bertz CT molecular complexity index is 958. The number of rotatable bonds is 5. The number of amides is 1. The molecule has 3 rings (SSSR count). The molecule has 0 radical (unpaired) electrons. The van der Waals surface area contributed by atoms with Crippen LogP contribution in [0.4, 0.5) is 0 Å². The van der Waals surface area contributed by atoms with Crippen molar-refractivity contribution in [1.82, 2.24) is 9.21 Å². The molecule has 28 heavy (non-hydrogen) atoms. The number of carbonyl (C=O) groups is 1. The van der Waals surface area contributed by atoms with Crippen molar-refractivity contribution in [1.29, 1.82) is 0 Å². The second-order valence-corrected chi connectivity index (χ2v) is 9.64. The number of sulfonamides is 1. The van der Waals surface area contributed by atoms with Crippen LogP contribution in [0.2, 0.25) is 5.02 Å². The standard InChI is InChI=1S/C19H20BrClN2O4S/c1-27-17-7-6-16(21)13-18(17)28(25,26)23-10-8-22(9-11-23)19(24)12-14-2-4-15(20)5-3-14/h2-7,13H,8-12H2,1H3. The van der Waals surface area contributed by atoms with Crippen molar-refractivity contribution in [2.45, 2.75) is 11.3 Å². The van der Waals surface area contributed by atoms with Crippen LogP contribution in [0.25, 0.3) is 0 Å². The molecule has 1 saturated heterocycles. The van der Waals surface area contributed by atoms with E-state index in [4.69, 9.17) is 16.3 Å². The number of piperazine rings is 1. The number of hydrogen-bond acceptors (Lipinski definition) is 4. The van der Waals surface area contributed by atoms with Gasteiger partial charge in [-0.15, -0.1) is 0 Å². The summed E-state index contributed by atoms with van der Waals surface area (Å²) in [5, 5.41) is 0.322. The van der Waals surface area contributed by atoms with E-state index in [-0.39, 0.29) is 29.6 Å². The summed E-state index contributed by atoms with van der Waals surface area (Å²) in [6, 6.07) is 12.1. The molecule has 1 aliphatic rings. The normalized spacial score (nSPS) is 15.5. The number of benzene rings is 2. The second kappa shape index (κ2) is 8.82. The molecule has 2 aromatic rings. The van der Waals surface area contributed by atoms with Crippen LogP contribution in [0, 0.1) is 0 Å². The van der Waals surface area contributed by atoms with Gasteiger partial charge in [0.1, 0.15) is 10.6 Å². The van der Waals surface area contributed by atoms with E-state index < -0.39 is 10.0 Å². The first-order chi connectivity index (χ1) is 13.3. The summed E-state index contributed by atoms with van der Waals surface area (Å²) in [7, 11) is -2.34. The highest BCUT2D eigenvalue weighted by molar-refractivity contribution is 9.10. The summed E-state index contributed by atoms with van der Waals surface area (Å²) in [6.45, 7) is 1.14. The highest BCUT2D eigenvalue weighted by atomic mass is 79.9. The molecule has 0 N–H and O–H groups in total. The summed E-state index contributed by atoms with van der Waals surface area (Å²) < 4.78 is 33.5. The Balaban J connectivity index is 1.67. The van der Waals surface area contributed by atoms with Crippen molar-refractivity contribution < 1.29 is 17.9 Å². The second-order valence-electron chi connectivity index (χ2n) is 6.38. The lowest BCUT2D eigenvalue weighted by Crippen LogP contribution is -2.50. The van der Waals surface area contributed by atoms with Crippen LogP contribution in [-0.2, 0) is 21.2 Å². The van der Waals surface area contributed by atoms with Crippen LogP contribution in [0.1, 0.15) is 5.56 Å². The lowest BCUT2D eigenvalue weighted by atomic mass is 10.1. The van der Waals surface area contributed by atoms with E-state index in [0.717, 1.165) is 10.0 Å². The largest absolute Gasteiger partial charge is 0.495 e. The van der Waals surface area contributed by atoms with Crippen LogP contribution < -0.4 is 4.74 Å². The predicted molar refractivity (Wildman–Crippen MR) is 111 cm³/mol. The van der Waals surface area contributed by atoms with Crippen molar-refractivity contribution in [3.05, 3.63) is 57.5 Å². The van der Waals surface area contributed by atoms with Crippen LogP contribution in [0.3, 0.4) is 0 Å². The Morgan fingerprint density at radius 2 is 1.75 bits per heavy atom. The number of methoxy groups -OCH3 is 1. The zero-order valence-electron chi connectivity index (χ0n) is 15.3. The van der Waals surface area contributed by atoms with Gasteiger partial charge in [-0.2, -0.15) is 4.31 Å². The number of halogens is 2. The molecule has 9 heteroatoms. The first-order valence-corrected chi connectivity index (χ1v) is 11.3. The molecule has 1 amide bonds. The fourth-order valence-corrected chi connectivity index (χ4v) is 5.16. The molecule has 0 unspecified atom stereocenters. The van der Waals surface area contributed by atoms with E-state index in [9.17, 15) is 13.2 Å². The number of nitrogens with zero attached hydrogens (tertiary/aromatic N) is 2. The topological polar surface area (TPSA) is 66.9 Å². The zero-order chi connectivity index (χ0) is 20.3. The molecule has 0 atom stereocenters. The van der Waals surface area contributed by atoms with Gasteiger partial charge in [-0.05, 0) is 35.9 Å². The average molecular weight is 488 g/mol. The zero-order valence-corrected chi connectivity index (χ0v) is 18.4. The van der Waals surface area contributed by atoms with Gasteiger partial charge in [0.15, 0.2) is 0 Å². The van der Waals surface area contributed by atoms with Crippen molar-refractivity contribution in [3.8, 4) is 5.75 Å². The lowest BCUT2D eigenvalue weighted by Gasteiger charge is -2.34. The fourth-order valence-electron chi connectivity index (χ4n) is 3.06. The lowest BCUT2D eigenvalue weighted by molar-refractivity contribution is -0.131. The minimum atomic E-state index is -3.76. The van der Waals surface area contributed by atoms with E-state index >= 15 is 0 Å². The van der Waals surface area contributed by atoms with E-state index in [2.05, 4.69) is 15.9 Å². The van der Waals surface area contributed by atoms with E-state index in [1.807, 2.05) is 24.3 Å². The molecule has 150 valence electrons. The quantitative estimate of drug-likeness (QED) is 0.650. The minimum absolute atomic E-state index is 0.0142. The molecule has 0 saturated carbocycles. The Morgan fingerprint density at radius 1 is 1.11 bits per heavy atom. The number of hydrogen-bond donors (Lipinski definition) is 0. The summed E-state index contributed by atoms with van der Waals surface area (Å²) in [5.74, 6) is 0.234. The summed E-state index contributed by atoms with van der Waals surface area (Å²) in [4.78, 5) is 14.3. The highest BCUT2D eigenvalue weighted by Crippen LogP contribution is 2.30. The monoisotopic (exact) mass is 486 g/mol. The Morgan fingerprint density at radius 3 is 2.36 bits per heavy atom. The summed E-state index contributed by atoms with van der Waals surface area (Å²) in [6.07, 6.45) is 0.294. The number of ether oxygens (including phenoxy) is 1. The maximum Gasteiger partial charge on any atom is 0.246 e. The van der Waals surface area contributed by atoms with Gasteiger partial charge in [0.25, 0.3) is 0 Å². The molecule has 1 heterocycles. The van der Waals surface area contributed by atoms with Gasteiger partial charge in [-0.25, -0.2) is 8.42 Å². The molecule has 6 nitrogen and oxygen atoms in total.